The molecule has 0 aliphatic carbocycles. The third-order valence-electron chi connectivity index (χ3n) is 4.83. The van der Waals surface area contributed by atoms with Crippen LogP contribution in [0.4, 0.5) is 10.8 Å². The molecule has 1 aliphatic rings. The average molecular weight is 353 g/mol. The van der Waals surface area contributed by atoms with Crippen LogP contribution < -0.4 is 9.80 Å². The van der Waals surface area contributed by atoms with Gasteiger partial charge in [-0.3, -0.25) is 4.98 Å². The minimum absolute atomic E-state index is 0.902. The monoisotopic (exact) mass is 353 g/mol. The molecule has 1 fully saturated rings. The second-order valence-electron chi connectivity index (χ2n) is 6.48. The highest BCUT2D eigenvalue weighted by molar-refractivity contribution is 7.09. The predicted octanol–water partition coefficient (Wildman–Crippen LogP) is 3.67. The van der Waals surface area contributed by atoms with Crippen molar-refractivity contribution in [3.8, 4) is 0 Å². The molecule has 0 unspecified atom stereocenters. The van der Waals surface area contributed by atoms with Gasteiger partial charge in [-0.2, -0.15) is 4.37 Å². The molecule has 0 saturated carbocycles. The molecule has 0 atom stereocenters. The lowest BCUT2D eigenvalue weighted by Gasteiger charge is -2.24. The van der Waals surface area contributed by atoms with Gasteiger partial charge in [-0.15, -0.1) is 0 Å². The second-order valence-corrected chi connectivity index (χ2v) is 7.21. The number of nitrogens with zero attached hydrogens (tertiary/aromatic N) is 5. The van der Waals surface area contributed by atoms with Gasteiger partial charge in [0.25, 0.3) is 0 Å². The minimum atomic E-state index is 0.902. The van der Waals surface area contributed by atoms with E-state index in [1.54, 1.807) is 0 Å². The molecule has 3 aromatic rings. The van der Waals surface area contributed by atoms with Crippen LogP contribution in [-0.2, 0) is 6.42 Å². The fourth-order valence-corrected chi connectivity index (χ4v) is 4.25. The summed E-state index contributed by atoms with van der Waals surface area (Å²) in [6.07, 6.45) is 3.96. The third-order valence-corrected chi connectivity index (χ3v) is 5.65. The summed E-state index contributed by atoms with van der Waals surface area (Å²) >= 11 is 1.53. The van der Waals surface area contributed by atoms with Gasteiger partial charge in [0.2, 0.25) is 5.13 Å². The van der Waals surface area contributed by atoms with Crippen molar-refractivity contribution in [3.63, 3.8) is 0 Å². The first kappa shape index (κ1) is 16.3. The van der Waals surface area contributed by atoms with E-state index in [-0.39, 0.29) is 0 Å². The number of para-hydroxylation sites is 1. The van der Waals surface area contributed by atoms with Gasteiger partial charge in [-0.1, -0.05) is 25.1 Å². The van der Waals surface area contributed by atoms with Crippen molar-refractivity contribution in [1.29, 1.82) is 0 Å². The van der Waals surface area contributed by atoms with Crippen molar-refractivity contribution >= 4 is 33.3 Å². The number of fused-ring (bicyclic) bond motifs is 1. The second kappa shape index (κ2) is 6.96. The van der Waals surface area contributed by atoms with E-state index >= 15 is 0 Å². The Bertz CT molecular complexity index is 875. The summed E-state index contributed by atoms with van der Waals surface area (Å²) in [7, 11) is 0. The first-order valence-corrected chi connectivity index (χ1v) is 9.70. The normalized spacial score (nSPS) is 15.6. The molecule has 25 heavy (non-hydrogen) atoms. The van der Waals surface area contributed by atoms with Gasteiger partial charge < -0.3 is 9.80 Å². The number of anilines is 2. The van der Waals surface area contributed by atoms with E-state index in [0.717, 1.165) is 55.5 Å². The van der Waals surface area contributed by atoms with Gasteiger partial charge >= 0.3 is 0 Å². The van der Waals surface area contributed by atoms with Crippen LogP contribution in [0, 0.1) is 6.92 Å². The Balaban J connectivity index is 1.58. The Kier molecular flexibility index (Phi) is 4.53. The number of rotatable bonds is 3. The Morgan fingerprint density at radius 2 is 1.92 bits per heavy atom. The first-order valence-electron chi connectivity index (χ1n) is 8.93. The zero-order chi connectivity index (χ0) is 17.2. The van der Waals surface area contributed by atoms with E-state index in [4.69, 9.17) is 0 Å². The lowest BCUT2D eigenvalue weighted by molar-refractivity contribution is 0.802. The standard InChI is InChI=1S/C19H23N5S/c1-3-17-21-19(25-22-17)24-11-5-10-23(12-13-24)16-8-9-20-18-14(2)6-4-7-15(16)18/h4,6-9H,3,5,10-13H2,1-2H3. The quantitative estimate of drug-likeness (QED) is 0.719. The number of aromatic nitrogens is 3. The molecule has 2 aromatic heterocycles. The molecule has 0 spiro atoms. The predicted molar refractivity (Wildman–Crippen MR) is 105 cm³/mol. The molecule has 0 N–H and O–H groups in total. The smallest absolute Gasteiger partial charge is 0.205 e. The third kappa shape index (κ3) is 3.18. The number of hydrogen-bond donors (Lipinski definition) is 0. The van der Waals surface area contributed by atoms with E-state index in [0.29, 0.717) is 0 Å². The number of pyridine rings is 1. The van der Waals surface area contributed by atoms with Crippen LogP contribution in [0.15, 0.2) is 30.5 Å². The fourth-order valence-electron chi connectivity index (χ4n) is 3.45. The van der Waals surface area contributed by atoms with Crippen molar-refractivity contribution in [2.75, 3.05) is 36.0 Å². The van der Waals surface area contributed by atoms with Crippen LogP contribution in [0.2, 0.25) is 0 Å². The SMILES string of the molecule is CCc1nsc(N2CCCN(c3ccnc4c(C)cccc34)CC2)n1. The summed E-state index contributed by atoms with van der Waals surface area (Å²) in [6, 6.07) is 8.59. The van der Waals surface area contributed by atoms with E-state index in [1.807, 2.05) is 6.20 Å². The van der Waals surface area contributed by atoms with Crippen LogP contribution in [-0.4, -0.2) is 40.5 Å². The van der Waals surface area contributed by atoms with Crippen LogP contribution in [0.5, 0.6) is 0 Å². The van der Waals surface area contributed by atoms with Gasteiger partial charge in [0, 0.05) is 61.4 Å². The summed E-state index contributed by atoms with van der Waals surface area (Å²) in [6.45, 7) is 8.30. The van der Waals surface area contributed by atoms with Gasteiger partial charge in [-0.25, -0.2) is 4.98 Å². The van der Waals surface area contributed by atoms with Crippen molar-refractivity contribution in [2.24, 2.45) is 0 Å². The van der Waals surface area contributed by atoms with Crippen LogP contribution in [0.1, 0.15) is 24.7 Å². The van der Waals surface area contributed by atoms with Crippen LogP contribution in [0.25, 0.3) is 10.9 Å². The van der Waals surface area contributed by atoms with E-state index in [1.165, 1.54) is 28.2 Å². The molecule has 5 nitrogen and oxygen atoms in total. The topological polar surface area (TPSA) is 45.2 Å². The molecule has 1 aliphatic heterocycles. The minimum Gasteiger partial charge on any atom is -0.369 e. The molecule has 1 aromatic carbocycles. The summed E-state index contributed by atoms with van der Waals surface area (Å²) in [5, 5.41) is 2.31. The first-order chi connectivity index (χ1) is 12.3. The average Bonchev–Trinajstić information content (AvgIpc) is 2.99. The molecular formula is C19H23N5S. The number of hydrogen-bond acceptors (Lipinski definition) is 6. The Morgan fingerprint density at radius 3 is 2.76 bits per heavy atom. The van der Waals surface area contributed by atoms with Gasteiger partial charge in [-0.05, 0) is 25.0 Å². The highest BCUT2D eigenvalue weighted by Gasteiger charge is 2.19. The van der Waals surface area contributed by atoms with Gasteiger partial charge in [0.1, 0.15) is 5.82 Å². The van der Waals surface area contributed by atoms with Crippen LogP contribution >= 0.6 is 11.5 Å². The highest BCUT2D eigenvalue weighted by Crippen LogP contribution is 2.28. The maximum atomic E-state index is 4.66. The lowest BCUT2D eigenvalue weighted by atomic mass is 10.1. The fraction of sp³-hybridized carbons (Fsp3) is 0.421. The molecular weight excluding hydrogens is 330 g/mol. The largest absolute Gasteiger partial charge is 0.369 e. The van der Waals surface area contributed by atoms with Crippen molar-refractivity contribution in [1.82, 2.24) is 14.3 Å². The van der Waals surface area contributed by atoms with Crippen LogP contribution in [0.3, 0.4) is 0 Å². The Morgan fingerprint density at radius 1 is 1.08 bits per heavy atom. The van der Waals surface area contributed by atoms with Crippen molar-refractivity contribution < 1.29 is 0 Å². The Labute approximate surface area is 152 Å². The molecule has 0 radical (unpaired) electrons. The molecule has 6 heteroatoms. The lowest BCUT2D eigenvalue weighted by Crippen LogP contribution is -2.30. The van der Waals surface area contributed by atoms with E-state index in [9.17, 15) is 0 Å². The Hall–Kier alpha value is -2.21. The molecule has 4 rings (SSSR count). The number of benzene rings is 1. The maximum Gasteiger partial charge on any atom is 0.205 e. The summed E-state index contributed by atoms with van der Waals surface area (Å²) < 4.78 is 4.44. The molecule has 0 bridgehead atoms. The molecule has 0 amide bonds. The van der Waals surface area contributed by atoms with Crippen molar-refractivity contribution in [3.05, 3.63) is 41.9 Å². The summed E-state index contributed by atoms with van der Waals surface area (Å²) in [4.78, 5) is 14.1. The summed E-state index contributed by atoms with van der Waals surface area (Å²) in [5.41, 5.74) is 3.64. The van der Waals surface area contributed by atoms with Gasteiger partial charge in [0.15, 0.2) is 0 Å². The molecule has 3 heterocycles. The van der Waals surface area contributed by atoms with Crippen molar-refractivity contribution in [2.45, 2.75) is 26.7 Å². The van der Waals surface area contributed by atoms with E-state index in [2.05, 4.69) is 62.3 Å². The molecule has 130 valence electrons. The maximum absolute atomic E-state index is 4.66. The zero-order valence-corrected chi connectivity index (χ0v) is 15.6. The summed E-state index contributed by atoms with van der Waals surface area (Å²) in [5.74, 6) is 0.955. The zero-order valence-electron chi connectivity index (χ0n) is 14.8. The molecule has 1 saturated heterocycles. The highest BCUT2D eigenvalue weighted by atomic mass is 32.1. The van der Waals surface area contributed by atoms with Gasteiger partial charge in [0.05, 0.1) is 5.52 Å². The number of aryl methyl sites for hydroxylation is 2. The van der Waals surface area contributed by atoms with E-state index < -0.39 is 0 Å².